The molecule has 0 aromatic heterocycles. The topological polar surface area (TPSA) is 46.5 Å². The molecule has 0 spiro atoms. The summed E-state index contributed by atoms with van der Waals surface area (Å²) in [5.41, 5.74) is -0.237. The number of alkyl halides is 3. The van der Waals surface area contributed by atoms with Gasteiger partial charge in [-0.1, -0.05) is 23.2 Å². The van der Waals surface area contributed by atoms with E-state index in [2.05, 4.69) is 4.74 Å². The van der Waals surface area contributed by atoms with Crippen molar-refractivity contribution in [2.45, 2.75) is 6.18 Å². The summed E-state index contributed by atoms with van der Waals surface area (Å²) >= 11 is 11.1. The molecule has 0 saturated carbocycles. The zero-order valence-corrected chi connectivity index (χ0v) is 9.53. The molecule has 0 radical (unpaired) electrons. The van der Waals surface area contributed by atoms with Crippen LogP contribution in [0, 0.1) is 0 Å². The molecule has 3 nitrogen and oxygen atoms in total. The van der Waals surface area contributed by atoms with Gasteiger partial charge in [-0.2, -0.15) is 13.2 Å². The van der Waals surface area contributed by atoms with E-state index in [1.807, 2.05) is 0 Å². The highest BCUT2D eigenvalue weighted by Crippen LogP contribution is 2.35. The van der Waals surface area contributed by atoms with Crippen molar-refractivity contribution in [1.29, 1.82) is 0 Å². The molecular formula is C9H5Cl2F3O3. The normalized spacial score (nSPS) is 11.4. The lowest BCUT2D eigenvalue weighted by Gasteiger charge is -2.12. The highest BCUT2D eigenvalue weighted by molar-refractivity contribution is 6.37. The Hall–Kier alpha value is -1.14. The summed E-state index contributed by atoms with van der Waals surface area (Å²) in [5.74, 6) is -1.69. The van der Waals surface area contributed by atoms with Gasteiger partial charge in [0.15, 0.2) is 12.4 Å². The van der Waals surface area contributed by atoms with Crippen molar-refractivity contribution in [3.8, 4) is 5.75 Å². The number of halogens is 5. The first-order valence-electron chi connectivity index (χ1n) is 4.12. The van der Waals surface area contributed by atoms with Gasteiger partial charge in [0, 0.05) is 0 Å². The molecule has 0 atom stereocenters. The number of rotatable bonds is 3. The van der Waals surface area contributed by atoms with Crippen molar-refractivity contribution >= 4 is 29.2 Å². The minimum Gasteiger partial charge on any atom is -0.481 e. The second-order valence-electron chi connectivity index (χ2n) is 2.98. The zero-order valence-electron chi connectivity index (χ0n) is 8.02. The third-order valence-electron chi connectivity index (χ3n) is 1.63. The van der Waals surface area contributed by atoms with Gasteiger partial charge in [0.25, 0.3) is 0 Å². The van der Waals surface area contributed by atoms with Gasteiger partial charge >= 0.3 is 12.1 Å². The average molecular weight is 289 g/mol. The van der Waals surface area contributed by atoms with Crippen LogP contribution in [0.15, 0.2) is 12.1 Å². The Morgan fingerprint density at radius 3 is 2.12 bits per heavy atom. The minimum absolute atomic E-state index is 0.237. The van der Waals surface area contributed by atoms with Crippen molar-refractivity contribution in [3.63, 3.8) is 0 Å². The SMILES string of the molecule is O=C(O)c1cc(Cl)c(OCC(F)(F)F)c(Cl)c1. The molecule has 1 rings (SSSR count). The highest BCUT2D eigenvalue weighted by Gasteiger charge is 2.29. The number of carbonyl (C=O) groups is 1. The molecule has 0 heterocycles. The van der Waals surface area contributed by atoms with Gasteiger partial charge in [-0.25, -0.2) is 4.79 Å². The molecule has 0 amide bonds. The van der Waals surface area contributed by atoms with Crippen LogP contribution in [0.4, 0.5) is 13.2 Å². The third-order valence-corrected chi connectivity index (χ3v) is 2.19. The molecule has 0 unspecified atom stereocenters. The number of aromatic carboxylic acids is 1. The Morgan fingerprint density at radius 1 is 1.29 bits per heavy atom. The van der Waals surface area contributed by atoms with Crippen LogP contribution in [0.25, 0.3) is 0 Å². The largest absolute Gasteiger partial charge is 0.481 e. The molecule has 1 aromatic rings. The second-order valence-corrected chi connectivity index (χ2v) is 3.79. The molecule has 0 saturated heterocycles. The van der Waals surface area contributed by atoms with E-state index in [-0.39, 0.29) is 15.6 Å². The van der Waals surface area contributed by atoms with Crippen LogP contribution in [0.1, 0.15) is 10.4 Å². The Labute approximate surface area is 104 Å². The maximum Gasteiger partial charge on any atom is 0.422 e. The summed E-state index contributed by atoms with van der Waals surface area (Å²) in [6.07, 6.45) is -4.53. The van der Waals surface area contributed by atoms with Gasteiger partial charge in [-0.05, 0) is 12.1 Å². The smallest absolute Gasteiger partial charge is 0.422 e. The Bertz CT molecular complexity index is 423. The Kier molecular flexibility index (Phi) is 4.11. The molecule has 0 fully saturated rings. The summed E-state index contributed by atoms with van der Waals surface area (Å²) < 4.78 is 40.1. The molecule has 0 aliphatic rings. The van der Waals surface area contributed by atoms with E-state index in [9.17, 15) is 18.0 Å². The van der Waals surface area contributed by atoms with E-state index >= 15 is 0 Å². The molecule has 1 N–H and O–H groups in total. The molecule has 17 heavy (non-hydrogen) atoms. The van der Waals surface area contributed by atoms with E-state index in [4.69, 9.17) is 28.3 Å². The van der Waals surface area contributed by atoms with Gasteiger partial charge in [0.2, 0.25) is 0 Å². The molecule has 8 heteroatoms. The fraction of sp³-hybridized carbons (Fsp3) is 0.222. The zero-order chi connectivity index (χ0) is 13.2. The number of carboxylic acids is 1. The summed E-state index contributed by atoms with van der Waals surface area (Å²) in [6.45, 7) is -1.56. The van der Waals surface area contributed by atoms with Crippen LogP contribution in [0.2, 0.25) is 10.0 Å². The van der Waals surface area contributed by atoms with Crippen molar-refractivity contribution in [2.75, 3.05) is 6.61 Å². The quantitative estimate of drug-likeness (QED) is 0.924. The lowest BCUT2D eigenvalue weighted by atomic mass is 10.2. The second kappa shape index (κ2) is 5.01. The van der Waals surface area contributed by atoms with E-state index in [1.165, 1.54) is 0 Å². The predicted octanol–water partition coefficient (Wildman–Crippen LogP) is 3.63. The van der Waals surface area contributed by atoms with Crippen LogP contribution in [-0.4, -0.2) is 23.9 Å². The summed E-state index contributed by atoms with van der Waals surface area (Å²) in [7, 11) is 0. The number of hydrogen-bond donors (Lipinski definition) is 1. The lowest BCUT2D eigenvalue weighted by molar-refractivity contribution is -0.153. The van der Waals surface area contributed by atoms with Gasteiger partial charge in [-0.3, -0.25) is 0 Å². The van der Waals surface area contributed by atoms with Crippen LogP contribution in [0.3, 0.4) is 0 Å². The molecule has 0 aliphatic carbocycles. The molecule has 1 aromatic carbocycles. The molecule has 94 valence electrons. The minimum atomic E-state index is -4.53. The highest BCUT2D eigenvalue weighted by atomic mass is 35.5. The van der Waals surface area contributed by atoms with Crippen molar-refractivity contribution in [2.24, 2.45) is 0 Å². The first kappa shape index (κ1) is 13.9. The van der Waals surface area contributed by atoms with E-state index < -0.39 is 24.5 Å². The maximum absolute atomic E-state index is 11.9. The predicted molar refractivity (Wildman–Crippen MR) is 55.0 cm³/mol. The monoisotopic (exact) mass is 288 g/mol. The number of carboxylic acid groups (broad SMARTS) is 1. The first-order chi connectivity index (χ1) is 7.70. The number of benzene rings is 1. The van der Waals surface area contributed by atoms with Crippen LogP contribution < -0.4 is 4.74 Å². The summed E-state index contributed by atoms with van der Waals surface area (Å²) in [4.78, 5) is 10.6. The third kappa shape index (κ3) is 3.98. The number of hydrogen-bond acceptors (Lipinski definition) is 2. The van der Waals surface area contributed by atoms with Gasteiger partial charge in [0.05, 0.1) is 15.6 Å². The van der Waals surface area contributed by atoms with Crippen LogP contribution in [-0.2, 0) is 0 Å². The average Bonchev–Trinajstić information content (AvgIpc) is 2.14. The Morgan fingerprint density at radius 2 is 1.76 bits per heavy atom. The van der Waals surface area contributed by atoms with E-state index in [0.717, 1.165) is 12.1 Å². The molecular weight excluding hydrogens is 284 g/mol. The van der Waals surface area contributed by atoms with Gasteiger partial charge < -0.3 is 9.84 Å². The molecule has 0 bridgehead atoms. The van der Waals surface area contributed by atoms with Crippen molar-refractivity contribution in [1.82, 2.24) is 0 Å². The van der Waals surface area contributed by atoms with Gasteiger partial charge in [0.1, 0.15) is 0 Å². The maximum atomic E-state index is 11.9. The van der Waals surface area contributed by atoms with E-state index in [1.54, 1.807) is 0 Å². The summed E-state index contributed by atoms with van der Waals surface area (Å²) in [6, 6.07) is 1.92. The lowest BCUT2D eigenvalue weighted by Crippen LogP contribution is -2.19. The number of ether oxygens (including phenoxy) is 1. The van der Waals surface area contributed by atoms with Crippen LogP contribution >= 0.6 is 23.2 Å². The fourth-order valence-electron chi connectivity index (χ4n) is 0.975. The van der Waals surface area contributed by atoms with Crippen LogP contribution in [0.5, 0.6) is 5.75 Å². The Balaban J connectivity index is 2.98. The fourth-order valence-corrected chi connectivity index (χ4v) is 1.57. The van der Waals surface area contributed by atoms with Gasteiger partial charge in [-0.15, -0.1) is 0 Å². The van der Waals surface area contributed by atoms with Crippen molar-refractivity contribution in [3.05, 3.63) is 27.7 Å². The van der Waals surface area contributed by atoms with Crippen molar-refractivity contribution < 1.29 is 27.8 Å². The standard InChI is InChI=1S/C9H5Cl2F3O3/c10-5-1-4(8(15)16)2-6(11)7(5)17-3-9(12,13)14/h1-2H,3H2,(H,15,16). The van der Waals surface area contributed by atoms with E-state index in [0.29, 0.717) is 0 Å². The molecule has 0 aliphatic heterocycles. The first-order valence-corrected chi connectivity index (χ1v) is 4.88. The summed E-state index contributed by atoms with van der Waals surface area (Å²) in [5, 5.41) is 8.06.